The predicted molar refractivity (Wildman–Crippen MR) is 90.8 cm³/mol. The van der Waals surface area contributed by atoms with Crippen LogP contribution in [0.25, 0.3) is 0 Å². The highest BCUT2D eigenvalue weighted by Gasteiger charge is 2.10. The Morgan fingerprint density at radius 1 is 1.30 bits per heavy atom. The van der Waals surface area contributed by atoms with Crippen LogP contribution in [0.1, 0.15) is 10.4 Å². The Hall–Kier alpha value is -3.11. The van der Waals surface area contributed by atoms with Crippen molar-refractivity contribution < 1.29 is 0 Å². The number of para-hydroxylation sites is 2. The second kappa shape index (κ2) is 6.34. The van der Waals surface area contributed by atoms with E-state index < -0.39 is 5.69 Å². The molecule has 0 aliphatic carbocycles. The lowest BCUT2D eigenvalue weighted by atomic mass is 10.2. The molecule has 6 nitrogen and oxygen atoms in total. The van der Waals surface area contributed by atoms with Gasteiger partial charge in [0.1, 0.15) is 11.6 Å². The third kappa shape index (κ3) is 3.22. The molecule has 0 bridgehead atoms. The number of nitriles is 1. The summed E-state index contributed by atoms with van der Waals surface area (Å²) in [4.78, 5) is 17.2. The van der Waals surface area contributed by atoms with Gasteiger partial charge in [0.15, 0.2) is 5.82 Å². The van der Waals surface area contributed by atoms with Crippen LogP contribution in [0.5, 0.6) is 0 Å². The Balaban J connectivity index is 1.96. The maximum Gasteiger partial charge on any atom is 0.349 e. The summed E-state index contributed by atoms with van der Waals surface area (Å²) < 4.78 is 1.42. The number of benzene rings is 1. The van der Waals surface area contributed by atoms with Gasteiger partial charge >= 0.3 is 5.69 Å². The molecule has 0 aliphatic rings. The standard InChI is InChI=1S/C16H13N5OS/c17-8-11-9-21(10-12-4-3-7-23-12)16(22)20-15(11)19-14-6-2-1-5-13(14)18/h1-7,9H,10,18H2,(H,19,20,22). The zero-order valence-corrected chi connectivity index (χ0v) is 12.9. The van der Waals surface area contributed by atoms with Gasteiger partial charge in [-0.15, -0.1) is 11.3 Å². The number of anilines is 3. The van der Waals surface area contributed by atoms with E-state index in [0.29, 0.717) is 17.9 Å². The van der Waals surface area contributed by atoms with Crippen LogP contribution in [0.15, 0.2) is 52.8 Å². The maximum atomic E-state index is 12.2. The lowest BCUT2D eigenvalue weighted by Gasteiger charge is -2.11. The summed E-state index contributed by atoms with van der Waals surface area (Å²) in [5, 5.41) is 14.2. The zero-order chi connectivity index (χ0) is 16.2. The molecule has 1 aromatic carbocycles. The summed E-state index contributed by atoms with van der Waals surface area (Å²) in [6.07, 6.45) is 1.51. The fourth-order valence-electron chi connectivity index (χ4n) is 2.09. The van der Waals surface area contributed by atoms with Gasteiger partial charge in [0.05, 0.1) is 17.9 Å². The molecule has 2 aromatic heterocycles. The minimum atomic E-state index is -0.422. The van der Waals surface area contributed by atoms with Crippen LogP contribution < -0.4 is 16.7 Å². The van der Waals surface area contributed by atoms with Gasteiger partial charge in [0, 0.05) is 11.1 Å². The van der Waals surface area contributed by atoms with Crippen molar-refractivity contribution in [3.8, 4) is 6.07 Å². The van der Waals surface area contributed by atoms with E-state index >= 15 is 0 Å². The van der Waals surface area contributed by atoms with Crippen LogP contribution in [0.2, 0.25) is 0 Å². The van der Waals surface area contributed by atoms with Gasteiger partial charge in [-0.05, 0) is 23.6 Å². The van der Waals surface area contributed by atoms with E-state index in [4.69, 9.17) is 5.73 Å². The van der Waals surface area contributed by atoms with Crippen LogP contribution in [-0.4, -0.2) is 9.55 Å². The largest absolute Gasteiger partial charge is 0.397 e. The van der Waals surface area contributed by atoms with Crippen molar-refractivity contribution in [2.24, 2.45) is 0 Å². The molecule has 0 fully saturated rings. The molecule has 0 amide bonds. The Bertz CT molecular complexity index is 924. The first kappa shape index (κ1) is 14.8. The maximum absolute atomic E-state index is 12.2. The molecule has 0 atom stereocenters. The molecule has 0 spiro atoms. The van der Waals surface area contributed by atoms with Gasteiger partial charge in [-0.1, -0.05) is 18.2 Å². The monoisotopic (exact) mass is 323 g/mol. The first-order valence-electron chi connectivity index (χ1n) is 6.83. The quantitative estimate of drug-likeness (QED) is 0.719. The Labute approximate surface area is 136 Å². The molecule has 7 heteroatoms. The molecule has 0 unspecified atom stereocenters. The summed E-state index contributed by atoms with van der Waals surface area (Å²) in [5.41, 5.74) is 6.84. The molecule has 2 heterocycles. The summed E-state index contributed by atoms with van der Waals surface area (Å²) in [6, 6.07) is 13.0. The number of nitrogens with zero attached hydrogens (tertiary/aromatic N) is 3. The van der Waals surface area contributed by atoms with Gasteiger partial charge in [-0.3, -0.25) is 4.57 Å². The third-order valence-electron chi connectivity index (χ3n) is 3.23. The van der Waals surface area contributed by atoms with E-state index in [1.807, 2.05) is 23.6 Å². The molecular weight excluding hydrogens is 310 g/mol. The molecule has 114 valence electrons. The minimum Gasteiger partial charge on any atom is -0.397 e. The molecule has 3 aromatic rings. The van der Waals surface area contributed by atoms with E-state index in [1.54, 1.807) is 29.5 Å². The average molecular weight is 323 g/mol. The van der Waals surface area contributed by atoms with Crippen molar-refractivity contribution in [1.29, 1.82) is 5.26 Å². The summed E-state index contributed by atoms with van der Waals surface area (Å²) in [5.74, 6) is 0.206. The number of nitrogens with two attached hydrogens (primary N) is 1. The third-order valence-corrected chi connectivity index (χ3v) is 4.09. The highest BCUT2D eigenvalue weighted by atomic mass is 32.1. The Morgan fingerprint density at radius 2 is 2.13 bits per heavy atom. The summed E-state index contributed by atoms with van der Waals surface area (Å²) >= 11 is 1.55. The van der Waals surface area contributed by atoms with Crippen LogP contribution in [-0.2, 0) is 6.54 Å². The highest BCUT2D eigenvalue weighted by molar-refractivity contribution is 7.09. The molecule has 0 radical (unpaired) electrons. The van der Waals surface area contributed by atoms with Crippen molar-refractivity contribution in [1.82, 2.24) is 9.55 Å². The van der Waals surface area contributed by atoms with E-state index in [9.17, 15) is 10.1 Å². The lowest BCUT2D eigenvalue weighted by molar-refractivity contribution is 0.735. The number of hydrogen-bond acceptors (Lipinski definition) is 6. The van der Waals surface area contributed by atoms with Gasteiger partial charge in [-0.25, -0.2) is 4.79 Å². The zero-order valence-electron chi connectivity index (χ0n) is 12.1. The number of nitrogens with one attached hydrogen (secondary N) is 1. The average Bonchev–Trinajstić information content (AvgIpc) is 3.05. The number of aromatic nitrogens is 2. The van der Waals surface area contributed by atoms with Gasteiger partial charge < -0.3 is 11.1 Å². The first-order valence-corrected chi connectivity index (χ1v) is 7.71. The SMILES string of the molecule is N#Cc1cn(Cc2cccs2)c(=O)nc1Nc1ccccc1N. The number of rotatable bonds is 4. The van der Waals surface area contributed by atoms with Crippen LogP contribution in [0.3, 0.4) is 0 Å². The summed E-state index contributed by atoms with van der Waals surface area (Å²) in [6.45, 7) is 0.395. The number of hydrogen-bond donors (Lipinski definition) is 2. The molecule has 0 aliphatic heterocycles. The minimum absolute atomic E-state index is 0.206. The van der Waals surface area contributed by atoms with Crippen molar-refractivity contribution in [2.45, 2.75) is 6.54 Å². The van der Waals surface area contributed by atoms with Crippen molar-refractivity contribution in [3.05, 3.63) is 68.9 Å². The smallest absolute Gasteiger partial charge is 0.349 e. The molecule has 3 rings (SSSR count). The normalized spacial score (nSPS) is 10.2. The van der Waals surface area contributed by atoms with Gasteiger partial charge in [-0.2, -0.15) is 10.2 Å². The van der Waals surface area contributed by atoms with Gasteiger partial charge in [0.25, 0.3) is 0 Å². The van der Waals surface area contributed by atoms with E-state index in [0.717, 1.165) is 4.88 Å². The molecule has 0 saturated heterocycles. The molecular formula is C16H13N5OS. The first-order chi connectivity index (χ1) is 11.2. The second-order valence-electron chi connectivity index (χ2n) is 4.82. The molecule has 0 saturated carbocycles. The van der Waals surface area contributed by atoms with Crippen molar-refractivity contribution in [3.63, 3.8) is 0 Å². The highest BCUT2D eigenvalue weighted by Crippen LogP contribution is 2.22. The second-order valence-corrected chi connectivity index (χ2v) is 5.85. The summed E-state index contributed by atoms with van der Waals surface area (Å²) in [7, 11) is 0. The fraction of sp³-hybridized carbons (Fsp3) is 0.0625. The van der Waals surface area contributed by atoms with Crippen LogP contribution in [0, 0.1) is 11.3 Å². The van der Waals surface area contributed by atoms with Crippen molar-refractivity contribution >= 4 is 28.5 Å². The van der Waals surface area contributed by atoms with E-state index in [2.05, 4.69) is 16.4 Å². The fourth-order valence-corrected chi connectivity index (χ4v) is 2.79. The molecule has 3 N–H and O–H groups in total. The number of thiophene rings is 1. The van der Waals surface area contributed by atoms with E-state index in [1.165, 1.54) is 10.8 Å². The Morgan fingerprint density at radius 3 is 2.83 bits per heavy atom. The predicted octanol–water partition coefficient (Wildman–Crippen LogP) is 2.55. The Kier molecular flexibility index (Phi) is 4.08. The number of nitrogen functional groups attached to an aromatic ring is 1. The lowest BCUT2D eigenvalue weighted by Crippen LogP contribution is -2.24. The van der Waals surface area contributed by atoms with Crippen LogP contribution >= 0.6 is 11.3 Å². The van der Waals surface area contributed by atoms with E-state index in [-0.39, 0.29) is 11.4 Å². The topological polar surface area (TPSA) is 96.7 Å². The van der Waals surface area contributed by atoms with Crippen LogP contribution in [0.4, 0.5) is 17.2 Å². The molecule has 23 heavy (non-hydrogen) atoms. The van der Waals surface area contributed by atoms with Crippen molar-refractivity contribution in [2.75, 3.05) is 11.1 Å². The van der Waals surface area contributed by atoms with Gasteiger partial charge in [0.2, 0.25) is 0 Å².